The van der Waals surface area contributed by atoms with Crippen LogP contribution in [-0.4, -0.2) is 37.2 Å². The maximum Gasteiger partial charge on any atom is 0.306 e. The van der Waals surface area contributed by atoms with Gasteiger partial charge in [0.15, 0.2) is 6.10 Å². The summed E-state index contributed by atoms with van der Waals surface area (Å²) in [5, 5.41) is 0. The first-order chi connectivity index (χ1) is 30.0. The quantitative estimate of drug-likeness (QED) is 0.0199. The second-order valence-corrected chi connectivity index (χ2v) is 17.5. The number of hydrogen-bond acceptors (Lipinski definition) is 6. The Kier molecular flexibility index (Phi) is 47.9. The van der Waals surface area contributed by atoms with Gasteiger partial charge in [0.2, 0.25) is 0 Å². The summed E-state index contributed by atoms with van der Waals surface area (Å²) >= 11 is 0. The normalized spacial score (nSPS) is 12.4. The molecule has 61 heavy (non-hydrogen) atoms. The first kappa shape index (κ1) is 58.4. The molecule has 0 aliphatic rings. The monoisotopic (exact) mass is 855 g/mol. The van der Waals surface area contributed by atoms with Crippen LogP contribution >= 0.6 is 0 Å². The number of allylic oxidation sites excluding steroid dienone is 8. The zero-order chi connectivity index (χ0) is 44.4. The fourth-order valence-corrected chi connectivity index (χ4v) is 7.44. The molecule has 0 saturated carbocycles. The third-order valence-corrected chi connectivity index (χ3v) is 11.4. The van der Waals surface area contributed by atoms with Crippen LogP contribution in [0.3, 0.4) is 0 Å². The minimum absolute atomic E-state index is 0.0808. The van der Waals surface area contributed by atoms with E-state index in [4.69, 9.17) is 14.2 Å². The van der Waals surface area contributed by atoms with Crippen molar-refractivity contribution in [3.63, 3.8) is 0 Å². The van der Waals surface area contributed by atoms with Gasteiger partial charge in [-0.1, -0.05) is 230 Å². The molecule has 6 nitrogen and oxygen atoms in total. The van der Waals surface area contributed by atoms with Gasteiger partial charge < -0.3 is 14.2 Å². The standard InChI is InChI=1S/C55H98O6/c1-4-7-10-13-16-19-22-24-25-26-27-28-29-31-33-36-39-42-45-48-54(57)60-51-52(50-59-53(56)47-44-41-38-35-32-21-18-15-12-9-6-3)61-55(58)49-46-43-40-37-34-30-23-20-17-14-11-8-5-2/h8,11,14,17,20,23,26-27,52H,4-7,9-10,12-13,15-16,18-19,21-22,24-25,28-51H2,1-3H3/b11-8-,17-14-,23-20-,27-26-. The molecule has 0 aromatic rings. The van der Waals surface area contributed by atoms with Crippen LogP contribution in [0.15, 0.2) is 48.6 Å². The van der Waals surface area contributed by atoms with E-state index < -0.39 is 6.10 Å². The summed E-state index contributed by atoms with van der Waals surface area (Å²) in [6, 6.07) is 0. The minimum Gasteiger partial charge on any atom is -0.462 e. The van der Waals surface area contributed by atoms with Crippen LogP contribution in [0.4, 0.5) is 0 Å². The predicted octanol–water partition coefficient (Wildman–Crippen LogP) is 17.1. The fourth-order valence-electron chi connectivity index (χ4n) is 7.44. The lowest BCUT2D eigenvalue weighted by molar-refractivity contribution is -0.167. The molecule has 0 amide bonds. The number of rotatable bonds is 47. The van der Waals surface area contributed by atoms with Crippen molar-refractivity contribution in [2.75, 3.05) is 13.2 Å². The van der Waals surface area contributed by atoms with Gasteiger partial charge in [-0.05, 0) is 64.2 Å². The number of hydrogen-bond donors (Lipinski definition) is 0. The van der Waals surface area contributed by atoms with E-state index in [9.17, 15) is 14.4 Å². The number of carbonyl (C=O) groups is 3. The van der Waals surface area contributed by atoms with Crippen molar-refractivity contribution >= 4 is 17.9 Å². The van der Waals surface area contributed by atoms with Crippen LogP contribution in [0, 0.1) is 0 Å². The molecule has 0 aromatic heterocycles. The highest BCUT2D eigenvalue weighted by Crippen LogP contribution is 2.15. The highest BCUT2D eigenvalue weighted by molar-refractivity contribution is 5.71. The summed E-state index contributed by atoms with van der Waals surface area (Å²) < 4.78 is 16.8. The molecule has 354 valence electrons. The van der Waals surface area contributed by atoms with E-state index in [0.29, 0.717) is 19.3 Å². The Hall–Kier alpha value is -2.63. The van der Waals surface area contributed by atoms with E-state index in [2.05, 4.69) is 69.4 Å². The fraction of sp³-hybridized carbons (Fsp3) is 0.800. The zero-order valence-corrected chi connectivity index (χ0v) is 40.4. The molecule has 0 aliphatic carbocycles. The van der Waals surface area contributed by atoms with Gasteiger partial charge in [-0.15, -0.1) is 0 Å². The number of ether oxygens (including phenoxy) is 3. The Morgan fingerprint density at radius 3 is 1.03 bits per heavy atom. The first-order valence-corrected chi connectivity index (χ1v) is 26.2. The van der Waals surface area contributed by atoms with E-state index in [1.54, 1.807) is 0 Å². The minimum atomic E-state index is -0.782. The average Bonchev–Trinajstić information content (AvgIpc) is 3.26. The van der Waals surface area contributed by atoms with Gasteiger partial charge in [-0.2, -0.15) is 0 Å². The molecular formula is C55H98O6. The maximum absolute atomic E-state index is 12.8. The Bertz CT molecular complexity index is 1070. The summed E-state index contributed by atoms with van der Waals surface area (Å²) in [6.45, 7) is 6.49. The molecule has 0 N–H and O–H groups in total. The van der Waals surface area contributed by atoms with Gasteiger partial charge in [-0.3, -0.25) is 14.4 Å². The van der Waals surface area contributed by atoms with Crippen molar-refractivity contribution in [1.29, 1.82) is 0 Å². The predicted molar refractivity (Wildman–Crippen MR) is 261 cm³/mol. The largest absolute Gasteiger partial charge is 0.462 e. The van der Waals surface area contributed by atoms with Crippen molar-refractivity contribution in [3.05, 3.63) is 48.6 Å². The smallest absolute Gasteiger partial charge is 0.306 e. The molecule has 0 spiro atoms. The summed E-state index contributed by atoms with van der Waals surface area (Å²) in [5.74, 6) is -0.900. The van der Waals surface area contributed by atoms with E-state index in [-0.39, 0.29) is 31.1 Å². The van der Waals surface area contributed by atoms with Gasteiger partial charge in [0, 0.05) is 19.3 Å². The highest BCUT2D eigenvalue weighted by Gasteiger charge is 2.19. The first-order valence-electron chi connectivity index (χ1n) is 26.2. The molecule has 6 heteroatoms. The second kappa shape index (κ2) is 50.0. The molecule has 1 unspecified atom stereocenters. The number of carbonyl (C=O) groups excluding carboxylic acids is 3. The Labute approximate surface area is 378 Å². The Morgan fingerprint density at radius 1 is 0.344 bits per heavy atom. The van der Waals surface area contributed by atoms with Crippen molar-refractivity contribution < 1.29 is 28.6 Å². The maximum atomic E-state index is 12.8. The van der Waals surface area contributed by atoms with E-state index in [1.165, 1.54) is 141 Å². The Morgan fingerprint density at radius 2 is 0.656 bits per heavy atom. The van der Waals surface area contributed by atoms with E-state index >= 15 is 0 Å². The van der Waals surface area contributed by atoms with E-state index in [1.807, 2.05) is 0 Å². The highest BCUT2D eigenvalue weighted by atomic mass is 16.6. The molecule has 0 bridgehead atoms. The van der Waals surface area contributed by atoms with Crippen LogP contribution in [0.1, 0.15) is 265 Å². The molecule has 0 fully saturated rings. The van der Waals surface area contributed by atoms with Gasteiger partial charge >= 0.3 is 17.9 Å². The van der Waals surface area contributed by atoms with Crippen molar-refractivity contribution in [2.24, 2.45) is 0 Å². The molecule has 0 rings (SSSR count). The van der Waals surface area contributed by atoms with Gasteiger partial charge in [-0.25, -0.2) is 0 Å². The molecule has 1 atom stereocenters. The van der Waals surface area contributed by atoms with Crippen LogP contribution < -0.4 is 0 Å². The lowest BCUT2D eigenvalue weighted by atomic mass is 10.1. The summed E-state index contributed by atoms with van der Waals surface area (Å²) in [4.78, 5) is 37.9. The summed E-state index contributed by atoms with van der Waals surface area (Å²) in [7, 11) is 0. The van der Waals surface area contributed by atoms with Crippen LogP contribution in [0.2, 0.25) is 0 Å². The van der Waals surface area contributed by atoms with Gasteiger partial charge in [0.1, 0.15) is 13.2 Å². The van der Waals surface area contributed by atoms with Gasteiger partial charge in [0.05, 0.1) is 0 Å². The Balaban J connectivity index is 4.33. The van der Waals surface area contributed by atoms with Gasteiger partial charge in [0.25, 0.3) is 0 Å². The molecule has 0 heterocycles. The van der Waals surface area contributed by atoms with Crippen LogP contribution in [-0.2, 0) is 28.6 Å². The van der Waals surface area contributed by atoms with Crippen molar-refractivity contribution in [2.45, 2.75) is 271 Å². The lowest BCUT2D eigenvalue weighted by Crippen LogP contribution is -2.30. The number of esters is 3. The van der Waals surface area contributed by atoms with E-state index in [0.717, 1.165) is 83.5 Å². The third kappa shape index (κ3) is 48.3. The molecule has 0 aliphatic heterocycles. The SMILES string of the molecule is CC\C=C/C=C\C=C/CCCCCCCC(=O)OC(COC(=O)CCCCCCCCC/C=C\CCCCCCCCCC)COC(=O)CCCCCCCCCCCCC. The zero-order valence-electron chi connectivity index (χ0n) is 40.4. The molecule has 0 saturated heterocycles. The molecular weight excluding hydrogens is 757 g/mol. The average molecular weight is 855 g/mol. The lowest BCUT2D eigenvalue weighted by Gasteiger charge is -2.18. The topological polar surface area (TPSA) is 78.9 Å². The van der Waals surface area contributed by atoms with Crippen LogP contribution in [0.25, 0.3) is 0 Å². The second-order valence-electron chi connectivity index (χ2n) is 17.5. The summed E-state index contributed by atoms with van der Waals surface area (Å²) in [6.07, 6.45) is 59.6. The van der Waals surface area contributed by atoms with Crippen LogP contribution in [0.5, 0.6) is 0 Å². The van der Waals surface area contributed by atoms with Crippen molar-refractivity contribution in [1.82, 2.24) is 0 Å². The van der Waals surface area contributed by atoms with Crippen molar-refractivity contribution in [3.8, 4) is 0 Å². The third-order valence-electron chi connectivity index (χ3n) is 11.4. The summed E-state index contributed by atoms with van der Waals surface area (Å²) in [5.41, 5.74) is 0. The number of unbranched alkanes of at least 4 members (excludes halogenated alkanes) is 30. The molecule has 0 aromatic carbocycles. The molecule has 0 radical (unpaired) electrons.